The standard InChI is InChI=1S/ClPS.Li.H/c1-2-3;;. The summed E-state index contributed by atoms with van der Waals surface area (Å²) in [6.07, 6.45) is 0. The molecule has 4 heavy (non-hydrogen) atoms. The van der Waals surface area contributed by atoms with E-state index < -0.39 is 0 Å². The first-order chi connectivity index (χ1) is 1.41. The third kappa shape index (κ3) is 9.97. The van der Waals surface area contributed by atoms with Crippen molar-refractivity contribution in [2.45, 2.75) is 0 Å². The van der Waals surface area contributed by atoms with Crippen LogP contribution in [0.25, 0.3) is 0 Å². The molecule has 4 heteroatoms. The first kappa shape index (κ1) is 9.05. The van der Waals surface area contributed by atoms with Gasteiger partial charge in [0, 0.05) is 0 Å². The van der Waals surface area contributed by atoms with E-state index in [1.165, 1.54) is 0 Å². The van der Waals surface area contributed by atoms with Crippen molar-refractivity contribution in [3.05, 3.63) is 0 Å². The number of halogens is 1. The zero-order chi connectivity index (χ0) is 2.71. The van der Waals surface area contributed by atoms with Gasteiger partial charge in [-0.1, -0.05) is 0 Å². The van der Waals surface area contributed by atoms with E-state index in [1.807, 2.05) is 0 Å². The molecule has 0 saturated carbocycles. The van der Waals surface area contributed by atoms with Crippen molar-refractivity contribution in [1.82, 2.24) is 0 Å². The Kier molecular flexibility index (Phi) is 20.0. The quantitative estimate of drug-likeness (QED) is 0.327. The molecule has 20 valence electrons. The van der Waals surface area contributed by atoms with Gasteiger partial charge in [0.15, 0.2) is 0 Å². The molecule has 0 N–H and O–H groups in total. The second-order valence-electron chi connectivity index (χ2n) is 0.0690. The van der Waals surface area contributed by atoms with Gasteiger partial charge in [0.2, 0.25) is 0 Å². The van der Waals surface area contributed by atoms with Crippen LogP contribution in [-0.2, 0) is 11.8 Å². The Morgan fingerprint density at radius 1 is 1.75 bits per heavy atom. The number of hydrogen-bond donors (Lipinski definition) is 0. The summed E-state index contributed by atoms with van der Waals surface area (Å²) in [6, 6.07) is 0. The summed E-state index contributed by atoms with van der Waals surface area (Å²) in [5.41, 5.74) is 0. The van der Waals surface area contributed by atoms with Crippen molar-refractivity contribution >= 4 is 48.6 Å². The first-order valence-electron chi connectivity index (χ1n) is 0.352. The van der Waals surface area contributed by atoms with Crippen LogP contribution >= 0.6 is 17.9 Å². The molecule has 0 aliphatic heterocycles. The summed E-state index contributed by atoms with van der Waals surface area (Å²) < 4.78 is 0. The molecule has 0 aromatic heterocycles. The summed E-state index contributed by atoms with van der Waals surface area (Å²) in [6.45, 7) is 0.472. The molecule has 0 aliphatic carbocycles. The van der Waals surface area contributed by atoms with Crippen molar-refractivity contribution in [2.75, 3.05) is 0 Å². The molecule has 0 bridgehead atoms. The summed E-state index contributed by atoms with van der Waals surface area (Å²) >= 11 is 8.92. The van der Waals surface area contributed by atoms with E-state index in [-0.39, 0.29) is 18.9 Å². The predicted molar refractivity (Wildman–Crippen MR) is 27.3 cm³/mol. The van der Waals surface area contributed by atoms with Gasteiger partial charge in [-0.15, -0.1) is 0 Å². The maximum atomic E-state index is 4.79. The van der Waals surface area contributed by atoms with E-state index in [9.17, 15) is 0 Å². The Bertz CT molecular complexity index is 15.5. The van der Waals surface area contributed by atoms with E-state index in [0.29, 0.717) is 6.71 Å². The van der Waals surface area contributed by atoms with Gasteiger partial charge < -0.3 is 0 Å². The Hall–Kier alpha value is 1.41. The topological polar surface area (TPSA) is 0 Å². The van der Waals surface area contributed by atoms with Crippen LogP contribution in [0.15, 0.2) is 0 Å². The van der Waals surface area contributed by atoms with Crippen LogP contribution in [0.1, 0.15) is 0 Å². The number of rotatable bonds is 0. The van der Waals surface area contributed by atoms with E-state index >= 15 is 0 Å². The SMILES string of the molecule is S=PCl.[LiH]. The summed E-state index contributed by atoms with van der Waals surface area (Å²) in [5, 5.41) is 0. The maximum absolute atomic E-state index is 4.79. The molecule has 0 atom stereocenters. The van der Waals surface area contributed by atoms with Crippen molar-refractivity contribution < 1.29 is 0 Å². The van der Waals surface area contributed by atoms with Crippen LogP contribution in [0.2, 0.25) is 0 Å². The molecule has 0 aromatic rings. The van der Waals surface area contributed by atoms with Crippen LogP contribution < -0.4 is 0 Å². The van der Waals surface area contributed by atoms with Gasteiger partial charge in [-0.3, -0.25) is 0 Å². The van der Waals surface area contributed by atoms with Crippen LogP contribution in [-0.4, -0.2) is 18.9 Å². The fourth-order valence-electron chi connectivity index (χ4n) is 0. The van der Waals surface area contributed by atoms with Crippen molar-refractivity contribution in [1.29, 1.82) is 0 Å². The van der Waals surface area contributed by atoms with E-state index in [1.54, 1.807) is 0 Å². The normalized spacial score (nSPS) is 5.25. The second-order valence-corrected chi connectivity index (χ2v) is 1.86. The molecular weight excluding hydrogens is 105 g/mol. The van der Waals surface area contributed by atoms with Crippen molar-refractivity contribution in [3.8, 4) is 0 Å². The Morgan fingerprint density at radius 2 is 1.75 bits per heavy atom. The Balaban J connectivity index is 0. The van der Waals surface area contributed by atoms with Gasteiger partial charge in [-0.2, -0.15) is 0 Å². The molecule has 0 rings (SSSR count). The molecule has 0 radical (unpaired) electrons. The molecule has 0 heterocycles. The van der Waals surface area contributed by atoms with Gasteiger partial charge in [0.1, 0.15) is 0 Å². The molecule has 0 saturated heterocycles. The first-order valence-corrected chi connectivity index (χ1v) is 3.16. The second kappa shape index (κ2) is 8.83. The molecule has 0 nitrogen and oxygen atoms in total. The molecular formula is HClLiPS. The zero-order valence-corrected chi connectivity index (χ0v) is 3.70. The van der Waals surface area contributed by atoms with Gasteiger partial charge >= 0.3 is 18.9 Å². The molecule has 0 fully saturated rings. The number of hydrogen-bond acceptors (Lipinski definition) is 1. The summed E-state index contributed by atoms with van der Waals surface area (Å²) in [5.74, 6) is 0. The third-order valence-electron chi connectivity index (χ3n) is 0. The van der Waals surface area contributed by atoms with E-state index in [4.69, 9.17) is 11.2 Å². The van der Waals surface area contributed by atoms with Crippen molar-refractivity contribution in [2.24, 2.45) is 0 Å². The average Bonchev–Trinajstić information content (AvgIpc) is 0.918. The van der Waals surface area contributed by atoms with Gasteiger partial charge in [0.05, 0.1) is 6.71 Å². The zero-order valence-electron chi connectivity index (χ0n) is 1.23. The monoisotopic (exact) mass is 106 g/mol. The summed E-state index contributed by atoms with van der Waals surface area (Å²) in [7, 11) is 0. The fraction of sp³-hybridized carbons (Fsp3) is 0. The molecule has 0 spiro atoms. The van der Waals surface area contributed by atoms with Gasteiger partial charge in [0.25, 0.3) is 0 Å². The fourth-order valence-corrected chi connectivity index (χ4v) is 0. The predicted octanol–water partition coefficient (Wildman–Crippen LogP) is 0.900. The summed E-state index contributed by atoms with van der Waals surface area (Å²) in [4.78, 5) is 0. The minimum atomic E-state index is 0. The average molecular weight is 106 g/mol. The third-order valence-corrected chi connectivity index (χ3v) is 0. The molecule has 0 amide bonds. The minimum absolute atomic E-state index is 0. The Labute approximate surface area is 48.7 Å². The van der Waals surface area contributed by atoms with Crippen LogP contribution in [0.5, 0.6) is 0 Å². The molecule has 0 unspecified atom stereocenters. The van der Waals surface area contributed by atoms with Crippen LogP contribution in [0.3, 0.4) is 0 Å². The molecule has 0 aliphatic rings. The van der Waals surface area contributed by atoms with Crippen LogP contribution in [0, 0.1) is 0 Å². The van der Waals surface area contributed by atoms with Crippen LogP contribution in [0.4, 0.5) is 0 Å². The Morgan fingerprint density at radius 3 is 1.75 bits per heavy atom. The molecule has 0 aromatic carbocycles. The van der Waals surface area contributed by atoms with Crippen molar-refractivity contribution in [3.63, 3.8) is 0 Å². The van der Waals surface area contributed by atoms with Gasteiger partial charge in [-0.05, 0) is 23.0 Å². The van der Waals surface area contributed by atoms with E-state index in [2.05, 4.69) is 11.8 Å². The van der Waals surface area contributed by atoms with E-state index in [0.717, 1.165) is 0 Å². The van der Waals surface area contributed by atoms with Gasteiger partial charge in [-0.25, -0.2) is 0 Å².